The Balaban J connectivity index is 1.92. The zero-order valence-electron chi connectivity index (χ0n) is 15.0. The van der Waals surface area contributed by atoms with Crippen LogP contribution in [0.15, 0.2) is 24.3 Å². The molecule has 3 N–H and O–H groups in total. The second-order valence-electron chi connectivity index (χ2n) is 6.36. The summed E-state index contributed by atoms with van der Waals surface area (Å²) in [5.41, 5.74) is 2.93. The first-order valence-corrected chi connectivity index (χ1v) is 9.00. The van der Waals surface area contributed by atoms with Gasteiger partial charge >= 0.3 is 12.4 Å². The van der Waals surface area contributed by atoms with Crippen molar-refractivity contribution in [1.29, 1.82) is 0 Å². The Morgan fingerprint density at radius 3 is 2.37 bits per heavy atom. The van der Waals surface area contributed by atoms with E-state index in [-0.39, 0.29) is 21.0 Å². The van der Waals surface area contributed by atoms with E-state index in [1.165, 1.54) is 6.92 Å². The summed E-state index contributed by atoms with van der Waals surface area (Å²) in [6.45, 7) is 0.860. The number of nitrogens with two attached hydrogens (primary N) is 1. The maximum Gasteiger partial charge on any atom is 0.417 e. The van der Waals surface area contributed by atoms with Crippen molar-refractivity contribution >= 4 is 33.1 Å². The molecule has 1 aromatic carbocycles. The molecule has 0 atom stereocenters. The van der Waals surface area contributed by atoms with Crippen LogP contribution in [0.4, 0.5) is 36.4 Å². The summed E-state index contributed by atoms with van der Waals surface area (Å²) in [7, 11) is 0. The number of amides is 1. The van der Waals surface area contributed by atoms with Gasteiger partial charge in [0.05, 0.1) is 16.8 Å². The molecule has 160 valence electrons. The Kier molecular flexibility index (Phi) is 5.39. The highest BCUT2D eigenvalue weighted by molar-refractivity contribution is 7.21. The Morgan fingerprint density at radius 1 is 1.10 bits per heavy atom. The molecule has 3 rings (SSSR count). The number of halogens is 7. The van der Waals surface area contributed by atoms with Gasteiger partial charge in [-0.05, 0) is 36.8 Å². The maximum atomic E-state index is 13.5. The van der Waals surface area contributed by atoms with E-state index in [0.29, 0.717) is 23.5 Å². The number of fused-ring (bicyclic) bond motifs is 1. The number of hydrogen-bond donors (Lipinski definition) is 2. The van der Waals surface area contributed by atoms with Gasteiger partial charge in [-0.1, -0.05) is 0 Å². The number of rotatable bonds is 3. The summed E-state index contributed by atoms with van der Waals surface area (Å²) in [6, 6.07) is 2.57. The van der Waals surface area contributed by atoms with Crippen LogP contribution in [-0.4, -0.2) is 10.9 Å². The van der Waals surface area contributed by atoms with E-state index in [0.717, 1.165) is 12.1 Å². The molecule has 12 heteroatoms. The topological polar surface area (TPSA) is 68.0 Å². The van der Waals surface area contributed by atoms with E-state index in [1.54, 1.807) is 0 Å². The number of pyridine rings is 1. The second kappa shape index (κ2) is 7.42. The largest absolute Gasteiger partial charge is 0.417 e. The predicted molar refractivity (Wildman–Crippen MR) is 96.3 cm³/mol. The van der Waals surface area contributed by atoms with Crippen molar-refractivity contribution in [3.63, 3.8) is 0 Å². The quantitative estimate of drug-likeness (QED) is 0.532. The lowest BCUT2D eigenvalue weighted by molar-refractivity contribution is -0.138. The van der Waals surface area contributed by atoms with Crippen LogP contribution in [0.25, 0.3) is 10.2 Å². The van der Waals surface area contributed by atoms with Crippen molar-refractivity contribution in [2.75, 3.05) is 5.73 Å². The summed E-state index contributed by atoms with van der Waals surface area (Å²) >= 11 is 0.620. The monoisotopic (exact) mass is 451 g/mol. The van der Waals surface area contributed by atoms with Gasteiger partial charge in [-0.15, -0.1) is 11.3 Å². The maximum absolute atomic E-state index is 13.5. The van der Waals surface area contributed by atoms with Crippen LogP contribution < -0.4 is 11.1 Å². The average molecular weight is 451 g/mol. The van der Waals surface area contributed by atoms with Crippen LogP contribution in [0, 0.1) is 12.7 Å². The molecule has 0 spiro atoms. The first kappa shape index (κ1) is 21.8. The molecule has 0 saturated heterocycles. The minimum atomic E-state index is -4.78. The molecule has 4 nitrogen and oxygen atoms in total. The number of alkyl halides is 6. The molecule has 30 heavy (non-hydrogen) atoms. The number of aromatic nitrogens is 1. The smallest absolute Gasteiger partial charge is 0.397 e. The third-order valence-electron chi connectivity index (χ3n) is 4.08. The predicted octanol–water partition coefficient (Wildman–Crippen LogP) is 5.29. The lowest BCUT2D eigenvalue weighted by Gasteiger charge is -2.10. The SMILES string of the molecule is Cc1cc(C(F)(F)F)c2c(N)c(C(=O)NCc3cc(F)cc(C(F)(F)F)c3)sc2n1. The van der Waals surface area contributed by atoms with E-state index < -0.39 is 52.8 Å². The van der Waals surface area contributed by atoms with Gasteiger partial charge in [0.2, 0.25) is 0 Å². The van der Waals surface area contributed by atoms with Gasteiger partial charge in [0, 0.05) is 17.6 Å². The number of carbonyl (C=O) groups excluding carboxylic acids is 1. The number of hydrogen-bond acceptors (Lipinski definition) is 4. The standard InChI is InChI=1S/C18H12F7N3OS/c1-7-2-11(18(23,24)25)12-13(26)14(30-16(12)28-7)15(29)27-6-8-3-9(17(20,21)22)5-10(19)4-8/h2-5H,6,26H2,1H3,(H,27,29). The van der Waals surface area contributed by atoms with Crippen molar-refractivity contribution in [2.24, 2.45) is 0 Å². The third-order valence-corrected chi connectivity index (χ3v) is 5.17. The zero-order chi connectivity index (χ0) is 22.4. The highest BCUT2D eigenvalue weighted by atomic mass is 32.1. The Labute approximate surface area is 168 Å². The summed E-state index contributed by atoms with van der Waals surface area (Å²) in [4.78, 5) is 16.0. The number of benzene rings is 1. The van der Waals surface area contributed by atoms with E-state index in [2.05, 4.69) is 10.3 Å². The molecule has 2 heterocycles. The van der Waals surface area contributed by atoms with Crippen LogP contribution in [0.5, 0.6) is 0 Å². The fraction of sp³-hybridized carbons (Fsp3) is 0.222. The summed E-state index contributed by atoms with van der Waals surface area (Å²) in [5, 5.41) is 1.82. The average Bonchev–Trinajstić information content (AvgIpc) is 2.93. The number of carbonyl (C=O) groups is 1. The van der Waals surface area contributed by atoms with Crippen molar-refractivity contribution < 1.29 is 35.5 Å². The number of anilines is 1. The molecule has 0 aliphatic carbocycles. The van der Waals surface area contributed by atoms with Gasteiger partial charge in [0.1, 0.15) is 15.5 Å². The van der Waals surface area contributed by atoms with Crippen molar-refractivity contribution in [2.45, 2.75) is 25.8 Å². The number of aryl methyl sites for hydroxylation is 1. The van der Waals surface area contributed by atoms with Crippen LogP contribution in [0.3, 0.4) is 0 Å². The van der Waals surface area contributed by atoms with Crippen LogP contribution >= 0.6 is 11.3 Å². The normalized spacial score (nSPS) is 12.4. The molecule has 0 aliphatic heterocycles. The number of nitrogens with zero attached hydrogens (tertiary/aromatic N) is 1. The highest BCUT2D eigenvalue weighted by Gasteiger charge is 2.36. The molecule has 0 bridgehead atoms. The Hall–Kier alpha value is -2.89. The van der Waals surface area contributed by atoms with Gasteiger partial charge in [-0.2, -0.15) is 26.3 Å². The highest BCUT2D eigenvalue weighted by Crippen LogP contribution is 2.42. The first-order chi connectivity index (χ1) is 13.8. The van der Waals surface area contributed by atoms with E-state index in [4.69, 9.17) is 5.73 Å². The minimum Gasteiger partial charge on any atom is -0.397 e. The summed E-state index contributed by atoms with van der Waals surface area (Å²) in [6.07, 6.45) is -9.52. The molecular formula is C18H12F7N3OS. The van der Waals surface area contributed by atoms with Gasteiger partial charge < -0.3 is 11.1 Å². The number of nitrogens with one attached hydrogen (secondary N) is 1. The second-order valence-corrected chi connectivity index (χ2v) is 7.36. The van der Waals surface area contributed by atoms with Crippen molar-refractivity contribution in [3.8, 4) is 0 Å². The Morgan fingerprint density at radius 2 is 1.77 bits per heavy atom. The molecule has 2 aromatic heterocycles. The molecule has 0 unspecified atom stereocenters. The van der Waals surface area contributed by atoms with E-state index in [1.807, 2.05) is 0 Å². The van der Waals surface area contributed by atoms with Crippen LogP contribution in [0.1, 0.15) is 32.1 Å². The zero-order valence-corrected chi connectivity index (χ0v) is 15.8. The minimum absolute atomic E-state index is 0.0717. The molecule has 0 radical (unpaired) electrons. The molecule has 0 fully saturated rings. The lowest BCUT2D eigenvalue weighted by Crippen LogP contribution is -2.23. The van der Waals surface area contributed by atoms with E-state index >= 15 is 0 Å². The van der Waals surface area contributed by atoms with Crippen LogP contribution in [0.2, 0.25) is 0 Å². The first-order valence-electron chi connectivity index (χ1n) is 8.19. The molecular weight excluding hydrogens is 439 g/mol. The van der Waals surface area contributed by atoms with Gasteiger partial charge in [-0.3, -0.25) is 4.79 Å². The van der Waals surface area contributed by atoms with Gasteiger partial charge in [-0.25, -0.2) is 9.37 Å². The third kappa shape index (κ3) is 4.32. The molecule has 0 aliphatic rings. The summed E-state index contributed by atoms with van der Waals surface area (Å²) in [5.74, 6) is -2.07. The van der Waals surface area contributed by atoms with Gasteiger partial charge in [0.25, 0.3) is 5.91 Å². The molecule has 0 saturated carbocycles. The van der Waals surface area contributed by atoms with E-state index in [9.17, 15) is 35.5 Å². The molecule has 1 amide bonds. The van der Waals surface area contributed by atoms with Crippen molar-refractivity contribution in [3.05, 3.63) is 57.3 Å². The van der Waals surface area contributed by atoms with Gasteiger partial charge in [0.15, 0.2) is 0 Å². The molecule has 3 aromatic rings. The summed E-state index contributed by atoms with van der Waals surface area (Å²) < 4.78 is 91.8. The van der Waals surface area contributed by atoms with Crippen LogP contribution in [-0.2, 0) is 18.9 Å². The lowest BCUT2D eigenvalue weighted by atomic mass is 10.1. The number of thiophene rings is 1. The van der Waals surface area contributed by atoms with Crippen molar-refractivity contribution in [1.82, 2.24) is 10.3 Å². The Bertz CT molecular complexity index is 1140. The fourth-order valence-electron chi connectivity index (χ4n) is 2.81. The number of nitrogen functional groups attached to an aromatic ring is 1. The fourth-order valence-corrected chi connectivity index (χ4v) is 3.90.